The fourth-order valence-electron chi connectivity index (χ4n) is 2.10. The minimum atomic E-state index is -1.05. The van der Waals surface area contributed by atoms with Crippen LogP contribution in [0.3, 0.4) is 0 Å². The van der Waals surface area contributed by atoms with Crippen molar-refractivity contribution in [1.82, 2.24) is 9.88 Å². The Morgan fingerprint density at radius 2 is 2.05 bits per heavy atom. The fraction of sp³-hybridized carbons (Fsp3) is 0.462. The fourth-order valence-corrected chi connectivity index (χ4v) is 2.10. The summed E-state index contributed by atoms with van der Waals surface area (Å²) in [4.78, 5) is 28.5. The molecular formula is C13H16N2O4. The number of carbonyl (C=O) groups is 2. The molecule has 1 amide bonds. The van der Waals surface area contributed by atoms with E-state index in [0.717, 1.165) is 12.8 Å². The third kappa shape index (κ3) is 3.08. The maximum Gasteiger partial charge on any atom is 0.337 e. The molecule has 0 atom stereocenters. The number of amides is 1. The van der Waals surface area contributed by atoms with E-state index in [4.69, 9.17) is 9.84 Å². The molecule has 0 aliphatic carbocycles. The van der Waals surface area contributed by atoms with Crippen LogP contribution in [0.15, 0.2) is 18.3 Å². The molecule has 0 radical (unpaired) electrons. The number of ether oxygens (including phenoxy) is 1. The Morgan fingerprint density at radius 3 is 2.53 bits per heavy atom. The molecule has 1 saturated heterocycles. The van der Waals surface area contributed by atoms with Gasteiger partial charge in [0.15, 0.2) is 0 Å². The predicted octanol–water partition coefficient (Wildman–Crippen LogP) is 1.03. The Morgan fingerprint density at radius 1 is 1.37 bits per heavy atom. The molecule has 1 aliphatic rings. The van der Waals surface area contributed by atoms with Crippen molar-refractivity contribution in [1.29, 1.82) is 0 Å². The van der Waals surface area contributed by atoms with Crippen LogP contribution in [0, 0.1) is 0 Å². The van der Waals surface area contributed by atoms with E-state index in [1.807, 2.05) is 0 Å². The standard InChI is InChI=1S/C13H16N2O4/c1-19-10-4-6-15(7-5-10)12(16)11-3-2-9(8-14-11)13(17)18/h2-3,8,10H,4-7H2,1H3,(H,17,18). The summed E-state index contributed by atoms with van der Waals surface area (Å²) in [5.41, 5.74) is 0.357. The van der Waals surface area contributed by atoms with Gasteiger partial charge in [-0.3, -0.25) is 9.78 Å². The number of nitrogens with zero attached hydrogens (tertiary/aromatic N) is 2. The van der Waals surface area contributed by atoms with Crippen molar-refractivity contribution in [3.8, 4) is 0 Å². The Bertz CT molecular complexity index is 464. The molecule has 0 spiro atoms. The second kappa shape index (κ2) is 5.79. The van der Waals surface area contributed by atoms with Gasteiger partial charge in [0.05, 0.1) is 11.7 Å². The van der Waals surface area contributed by atoms with Gasteiger partial charge in [-0.25, -0.2) is 4.79 Å². The number of rotatable bonds is 3. The van der Waals surface area contributed by atoms with Crippen LogP contribution in [0.5, 0.6) is 0 Å². The number of aromatic carboxylic acids is 1. The van der Waals surface area contributed by atoms with Gasteiger partial charge in [-0.1, -0.05) is 0 Å². The summed E-state index contributed by atoms with van der Waals surface area (Å²) >= 11 is 0. The van der Waals surface area contributed by atoms with E-state index >= 15 is 0 Å². The Balaban J connectivity index is 2.02. The van der Waals surface area contributed by atoms with Crippen molar-refractivity contribution in [2.45, 2.75) is 18.9 Å². The van der Waals surface area contributed by atoms with E-state index in [2.05, 4.69) is 4.98 Å². The molecule has 2 rings (SSSR count). The van der Waals surface area contributed by atoms with E-state index in [1.54, 1.807) is 12.0 Å². The van der Waals surface area contributed by atoms with Crippen molar-refractivity contribution >= 4 is 11.9 Å². The molecular weight excluding hydrogens is 248 g/mol. The SMILES string of the molecule is COC1CCN(C(=O)c2ccc(C(=O)O)cn2)CC1. The van der Waals surface area contributed by atoms with E-state index in [-0.39, 0.29) is 23.3 Å². The van der Waals surface area contributed by atoms with Crippen LogP contribution < -0.4 is 0 Å². The summed E-state index contributed by atoms with van der Waals surface area (Å²) in [5.74, 6) is -1.21. The number of pyridine rings is 1. The highest BCUT2D eigenvalue weighted by atomic mass is 16.5. The van der Waals surface area contributed by atoms with Crippen molar-refractivity contribution in [3.05, 3.63) is 29.6 Å². The highest BCUT2D eigenvalue weighted by Gasteiger charge is 2.24. The van der Waals surface area contributed by atoms with Gasteiger partial charge in [0.25, 0.3) is 5.91 Å². The highest BCUT2D eigenvalue weighted by molar-refractivity contribution is 5.93. The third-order valence-electron chi connectivity index (χ3n) is 3.29. The summed E-state index contributed by atoms with van der Waals surface area (Å²) in [6.07, 6.45) is 3.05. The first-order valence-corrected chi connectivity index (χ1v) is 6.13. The molecule has 2 heterocycles. The van der Waals surface area contributed by atoms with Gasteiger partial charge in [-0.15, -0.1) is 0 Å². The Hall–Kier alpha value is -1.95. The molecule has 102 valence electrons. The molecule has 1 aromatic rings. The van der Waals surface area contributed by atoms with Crippen molar-refractivity contribution in [3.63, 3.8) is 0 Å². The number of hydrogen-bond donors (Lipinski definition) is 1. The van der Waals surface area contributed by atoms with Crippen LogP contribution >= 0.6 is 0 Å². The van der Waals surface area contributed by atoms with E-state index in [9.17, 15) is 9.59 Å². The molecule has 1 aliphatic heterocycles. The number of methoxy groups -OCH3 is 1. The molecule has 0 unspecified atom stereocenters. The lowest BCUT2D eigenvalue weighted by atomic mass is 10.1. The number of hydrogen-bond acceptors (Lipinski definition) is 4. The van der Waals surface area contributed by atoms with E-state index < -0.39 is 5.97 Å². The van der Waals surface area contributed by atoms with Crippen LogP contribution in [0.2, 0.25) is 0 Å². The van der Waals surface area contributed by atoms with Gasteiger partial charge in [0, 0.05) is 26.4 Å². The average molecular weight is 264 g/mol. The summed E-state index contributed by atoms with van der Waals surface area (Å²) < 4.78 is 5.25. The van der Waals surface area contributed by atoms with Crippen LogP contribution in [0.4, 0.5) is 0 Å². The zero-order chi connectivity index (χ0) is 13.8. The molecule has 1 aromatic heterocycles. The normalized spacial score (nSPS) is 16.4. The first-order chi connectivity index (χ1) is 9.11. The second-order valence-electron chi connectivity index (χ2n) is 4.46. The summed E-state index contributed by atoms with van der Waals surface area (Å²) in [5, 5.41) is 8.77. The third-order valence-corrected chi connectivity index (χ3v) is 3.29. The number of carboxylic acids is 1. The molecule has 0 aromatic carbocycles. The lowest BCUT2D eigenvalue weighted by molar-refractivity contribution is 0.0347. The number of aromatic nitrogens is 1. The maximum absolute atomic E-state index is 12.2. The van der Waals surface area contributed by atoms with Crippen molar-refractivity contribution in [2.75, 3.05) is 20.2 Å². The van der Waals surface area contributed by atoms with Crippen LogP contribution in [0.1, 0.15) is 33.7 Å². The molecule has 0 bridgehead atoms. The van der Waals surface area contributed by atoms with Crippen molar-refractivity contribution < 1.29 is 19.4 Å². The summed E-state index contributed by atoms with van der Waals surface area (Å²) in [7, 11) is 1.67. The lowest BCUT2D eigenvalue weighted by Gasteiger charge is -2.30. The first kappa shape index (κ1) is 13.5. The second-order valence-corrected chi connectivity index (χ2v) is 4.46. The minimum Gasteiger partial charge on any atom is -0.478 e. The Kier molecular flexibility index (Phi) is 4.11. The molecule has 19 heavy (non-hydrogen) atoms. The minimum absolute atomic E-state index is 0.0784. The maximum atomic E-state index is 12.2. The lowest BCUT2D eigenvalue weighted by Crippen LogP contribution is -2.40. The van der Waals surface area contributed by atoms with Gasteiger partial charge in [-0.2, -0.15) is 0 Å². The summed E-state index contributed by atoms with van der Waals surface area (Å²) in [6, 6.07) is 2.85. The number of likely N-dealkylation sites (tertiary alicyclic amines) is 1. The highest BCUT2D eigenvalue weighted by Crippen LogP contribution is 2.15. The topological polar surface area (TPSA) is 79.7 Å². The molecule has 1 N–H and O–H groups in total. The van der Waals surface area contributed by atoms with Crippen molar-refractivity contribution in [2.24, 2.45) is 0 Å². The predicted molar refractivity (Wildman–Crippen MR) is 67.1 cm³/mol. The molecule has 1 fully saturated rings. The van der Waals surface area contributed by atoms with Gasteiger partial charge >= 0.3 is 5.97 Å². The molecule has 0 saturated carbocycles. The Labute approximate surface area is 111 Å². The molecule has 6 nitrogen and oxygen atoms in total. The van der Waals surface area contributed by atoms with Crippen LogP contribution in [-0.2, 0) is 4.74 Å². The van der Waals surface area contributed by atoms with Gasteiger partial charge in [-0.05, 0) is 25.0 Å². The first-order valence-electron chi connectivity index (χ1n) is 6.13. The van der Waals surface area contributed by atoms with Gasteiger partial charge in [0.2, 0.25) is 0 Å². The van der Waals surface area contributed by atoms with Gasteiger partial charge < -0.3 is 14.7 Å². The quantitative estimate of drug-likeness (QED) is 0.882. The van der Waals surface area contributed by atoms with Gasteiger partial charge in [0.1, 0.15) is 5.69 Å². The smallest absolute Gasteiger partial charge is 0.337 e. The molecule has 6 heteroatoms. The average Bonchev–Trinajstić information content (AvgIpc) is 2.46. The van der Waals surface area contributed by atoms with Crippen LogP contribution in [0.25, 0.3) is 0 Å². The summed E-state index contributed by atoms with van der Waals surface area (Å²) in [6.45, 7) is 1.28. The number of carboxylic acid groups (broad SMARTS) is 1. The van der Waals surface area contributed by atoms with Crippen LogP contribution in [-0.4, -0.2) is 53.2 Å². The largest absolute Gasteiger partial charge is 0.478 e. The zero-order valence-corrected chi connectivity index (χ0v) is 10.7. The van der Waals surface area contributed by atoms with E-state index in [1.165, 1.54) is 18.3 Å². The number of piperidine rings is 1. The zero-order valence-electron chi connectivity index (χ0n) is 10.7. The van der Waals surface area contributed by atoms with E-state index in [0.29, 0.717) is 13.1 Å². The number of carbonyl (C=O) groups excluding carboxylic acids is 1. The monoisotopic (exact) mass is 264 g/mol.